The molecule has 0 saturated heterocycles. The zero-order chi connectivity index (χ0) is 6.73. The van der Waals surface area contributed by atoms with Crippen LogP contribution in [-0.2, 0) is 4.79 Å². The van der Waals surface area contributed by atoms with Crippen molar-refractivity contribution in [2.45, 2.75) is 27.7 Å². The van der Waals surface area contributed by atoms with Gasteiger partial charge in [0.05, 0.1) is 0 Å². The lowest BCUT2D eigenvalue weighted by atomic mass is 9.95. The van der Waals surface area contributed by atoms with E-state index in [9.17, 15) is 4.79 Å². The molecule has 0 aliphatic rings. The normalized spacial score (nSPS) is 12.6. The highest BCUT2D eigenvalue weighted by Gasteiger charge is 2.10. The zero-order valence-electron chi connectivity index (χ0n) is 6.56. The molecule has 0 aliphatic carbocycles. The summed E-state index contributed by atoms with van der Waals surface area (Å²) in [5.74, 6) is 1.02. The van der Waals surface area contributed by atoms with Crippen molar-refractivity contribution in [3.8, 4) is 0 Å². The van der Waals surface area contributed by atoms with Gasteiger partial charge in [0.25, 0.3) is 0 Å². The molecule has 1 atom stereocenters. The molecule has 0 radical (unpaired) electrons. The van der Waals surface area contributed by atoms with E-state index in [1.54, 1.807) is 6.92 Å². The van der Waals surface area contributed by atoms with Gasteiger partial charge in [-0.1, -0.05) is 20.8 Å². The summed E-state index contributed by atoms with van der Waals surface area (Å²) in [6.07, 6.45) is 0. The molecule has 1 nitrogen and oxygen atoms in total. The Hall–Kier alpha value is 0.0200. The van der Waals surface area contributed by atoms with Gasteiger partial charge in [-0.3, -0.25) is 4.79 Å². The summed E-state index contributed by atoms with van der Waals surface area (Å²) < 4.78 is 0. The lowest BCUT2D eigenvalue weighted by Gasteiger charge is -2.09. The molecule has 0 aliphatic heterocycles. The molecule has 2 heteroatoms. The molecule has 0 amide bonds. The van der Waals surface area contributed by atoms with E-state index >= 15 is 0 Å². The first kappa shape index (κ1) is 11.8. The Morgan fingerprint density at radius 1 is 1.22 bits per heavy atom. The van der Waals surface area contributed by atoms with Gasteiger partial charge >= 0.3 is 0 Å². The van der Waals surface area contributed by atoms with Crippen LogP contribution in [0.2, 0.25) is 0 Å². The number of hydrogen-bond donors (Lipinski definition) is 0. The van der Waals surface area contributed by atoms with Crippen molar-refractivity contribution in [3.05, 3.63) is 0 Å². The molecule has 1 unspecified atom stereocenters. The number of carbonyl (C=O) groups excluding carboxylic acids is 1. The molecule has 0 saturated carbocycles. The molecule has 0 aromatic heterocycles. The van der Waals surface area contributed by atoms with Gasteiger partial charge in [-0.05, 0) is 12.8 Å². The van der Waals surface area contributed by atoms with E-state index in [1.165, 1.54) is 0 Å². The average molecular weight is 148 g/mol. The Kier molecular flexibility index (Phi) is 6.35. The molecule has 0 aromatic rings. The average Bonchev–Trinajstić information content (AvgIpc) is 1.64. The van der Waals surface area contributed by atoms with Crippen LogP contribution in [-0.4, -0.2) is 5.78 Å². The monoisotopic (exact) mass is 148 g/mol. The Morgan fingerprint density at radius 3 is 1.56 bits per heavy atom. The van der Waals surface area contributed by atoms with E-state index in [1.807, 2.05) is 6.92 Å². The van der Waals surface area contributed by atoms with E-state index in [0.717, 1.165) is 0 Å². The second kappa shape index (κ2) is 4.86. The van der Waals surface area contributed by atoms with E-state index in [4.69, 9.17) is 0 Å². The van der Waals surface area contributed by atoms with Crippen molar-refractivity contribution in [2.24, 2.45) is 11.8 Å². The number of hydrogen-bond acceptors (Lipinski definition) is 1. The van der Waals surface area contributed by atoms with Crippen LogP contribution >= 0.6 is 13.5 Å². The fraction of sp³-hybridized carbons (Fsp3) is 0.857. The maximum atomic E-state index is 10.6. The molecular formula is C7H16OS. The Bertz CT molecular complexity index is 88.9. The van der Waals surface area contributed by atoms with Gasteiger partial charge in [-0.25, -0.2) is 0 Å². The van der Waals surface area contributed by atoms with E-state index in [2.05, 4.69) is 13.8 Å². The first-order chi connectivity index (χ1) is 3.55. The van der Waals surface area contributed by atoms with Gasteiger partial charge in [-0.2, -0.15) is 13.5 Å². The summed E-state index contributed by atoms with van der Waals surface area (Å²) in [7, 11) is 0. The molecule has 0 spiro atoms. The van der Waals surface area contributed by atoms with Crippen LogP contribution in [0.4, 0.5) is 0 Å². The summed E-state index contributed by atoms with van der Waals surface area (Å²) >= 11 is 0. The van der Waals surface area contributed by atoms with Crippen molar-refractivity contribution in [1.29, 1.82) is 0 Å². The minimum Gasteiger partial charge on any atom is -0.300 e. The summed E-state index contributed by atoms with van der Waals surface area (Å²) in [6, 6.07) is 0. The third-order valence-corrected chi connectivity index (χ3v) is 1.64. The largest absolute Gasteiger partial charge is 0.300 e. The van der Waals surface area contributed by atoms with Gasteiger partial charge < -0.3 is 0 Å². The van der Waals surface area contributed by atoms with Gasteiger partial charge in [0.15, 0.2) is 0 Å². The molecule has 0 bridgehead atoms. The highest BCUT2D eigenvalue weighted by Crippen LogP contribution is 2.09. The first-order valence-electron chi connectivity index (χ1n) is 3.06. The fourth-order valence-corrected chi connectivity index (χ4v) is 0.469. The zero-order valence-corrected chi connectivity index (χ0v) is 7.56. The van der Waals surface area contributed by atoms with Crippen molar-refractivity contribution < 1.29 is 4.79 Å². The maximum absolute atomic E-state index is 10.6. The summed E-state index contributed by atoms with van der Waals surface area (Å²) in [5.41, 5.74) is 0. The number of Topliss-reactive ketones (excluding diaryl/α,β-unsaturated/α-hetero) is 1. The van der Waals surface area contributed by atoms with Crippen LogP contribution in [0.1, 0.15) is 27.7 Å². The molecule has 0 aromatic carbocycles. The van der Waals surface area contributed by atoms with Gasteiger partial charge in [0.2, 0.25) is 0 Å². The van der Waals surface area contributed by atoms with Crippen LogP contribution in [0.3, 0.4) is 0 Å². The van der Waals surface area contributed by atoms with Crippen LogP contribution in [0.15, 0.2) is 0 Å². The highest BCUT2D eigenvalue weighted by atomic mass is 32.1. The standard InChI is InChI=1S/C7H14O.H2S/c1-5(2)6(3)7(4)8;/h5-6H,1-4H3;1H2. The lowest BCUT2D eigenvalue weighted by Crippen LogP contribution is -2.12. The third kappa shape index (κ3) is 4.52. The van der Waals surface area contributed by atoms with E-state index < -0.39 is 0 Å². The van der Waals surface area contributed by atoms with Crippen LogP contribution in [0, 0.1) is 11.8 Å². The minimum absolute atomic E-state index is 0. The maximum Gasteiger partial charge on any atom is 0.132 e. The third-order valence-electron chi connectivity index (χ3n) is 1.64. The van der Waals surface area contributed by atoms with E-state index in [-0.39, 0.29) is 19.4 Å². The topological polar surface area (TPSA) is 17.1 Å². The molecular weight excluding hydrogens is 132 g/mol. The predicted octanol–water partition coefficient (Wildman–Crippen LogP) is 1.98. The van der Waals surface area contributed by atoms with Crippen molar-refractivity contribution in [1.82, 2.24) is 0 Å². The molecule has 0 heterocycles. The highest BCUT2D eigenvalue weighted by molar-refractivity contribution is 7.59. The molecule has 56 valence electrons. The second-order valence-corrected chi connectivity index (χ2v) is 2.64. The number of rotatable bonds is 2. The quantitative estimate of drug-likeness (QED) is 0.585. The Balaban J connectivity index is 0. The first-order valence-corrected chi connectivity index (χ1v) is 3.06. The SMILES string of the molecule is CC(=O)C(C)C(C)C.S. The minimum atomic E-state index is 0. The van der Waals surface area contributed by atoms with Crippen LogP contribution in [0.25, 0.3) is 0 Å². The summed E-state index contributed by atoms with van der Waals surface area (Å²) in [6.45, 7) is 7.73. The van der Waals surface area contributed by atoms with Crippen molar-refractivity contribution >= 4 is 19.3 Å². The Labute approximate surface area is 64.3 Å². The molecule has 0 fully saturated rings. The van der Waals surface area contributed by atoms with Crippen molar-refractivity contribution in [3.63, 3.8) is 0 Å². The summed E-state index contributed by atoms with van der Waals surface area (Å²) in [4.78, 5) is 10.6. The second-order valence-electron chi connectivity index (χ2n) is 2.64. The smallest absolute Gasteiger partial charge is 0.132 e. The molecule has 0 N–H and O–H groups in total. The van der Waals surface area contributed by atoms with Gasteiger partial charge in [-0.15, -0.1) is 0 Å². The molecule has 0 rings (SSSR count). The van der Waals surface area contributed by atoms with Gasteiger partial charge in [0.1, 0.15) is 5.78 Å². The van der Waals surface area contributed by atoms with Crippen molar-refractivity contribution in [2.75, 3.05) is 0 Å². The van der Waals surface area contributed by atoms with Gasteiger partial charge in [0, 0.05) is 5.92 Å². The fourth-order valence-electron chi connectivity index (χ4n) is 0.469. The van der Waals surface area contributed by atoms with E-state index in [0.29, 0.717) is 11.7 Å². The number of ketones is 1. The predicted molar refractivity (Wildman–Crippen MR) is 45.1 cm³/mol. The summed E-state index contributed by atoms with van der Waals surface area (Å²) in [5, 5.41) is 0. The molecule has 9 heavy (non-hydrogen) atoms. The van der Waals surface area contributed by atoms with Crippen LogP contribution < -0.4 is 0 Å². The lowest BCUT2D eigenvalue weighted by molar-refractivity contribution is -0.121. The number of carbonyl (C=O) groups is 1. The Morgan fingerprint density at radius 2 is 1.56 bits per heavy atom. The van der Waals surface area contributed by atoms with Crippen LogP contribution in [0.5, 0.6) is 0 Å².